The lowest BCUT2D eigenvalue weighted by atomic mass is 10.0. The number of hydrogen-bond acceptors (Lipinski definition) is 7. The van der Waals surface area contributed by atoms with E-state index in [4.69, 9.17) is 4.74 Å². The van der Waals surface area contributed by atoms with Crippen molar-refractivity contribution < 1.29 is 34.1 Å². The zero-order valence-corrected chi connectivity index (χ0v) is 19.2. The lowest BCUT2D eigenvalue weighted by Crippen LogP contribution is -2.38. The number of ketones is 1. The molecule has 1 unspecified atom stereocenters. The van der Waals surface area contributed by atoms with Gasteiger partial charge in [0.2, 0.25) is 11.9 Å². The van der Waals surface area contributed by atoms with Gasteiger partial charge in [0.25, 0.3) is 0 Å². The van der Waals surface area contributed by atoms with Crippen molar-refractivity contribution in [3.8, 4) is 0 Å². The molecule has 1 aliphatic rings. The first-order valence-electron chi connectivity index (χ1n) is 12.2. The number of ether oxygens (including phenoxy) is 2. The van der Waals surface area contributed by atoms with E-state index in [1.807, 2.05) is 0 Å². The Morgan fingerprint density at radius 1 is 0.871 bits per heavy atom. The van der Waals surface area contributed by atoms with E-state index in [0.29, 0.717) is 0 Å². The van der Waals surface area contributed by atoms with Gasteiger partial charge >= 0.3 is 11.9 Å². The second-order valence-corrected chi connectivity index (χ2v) is 8.61. The summed E-state index contributed by atoms with van der Waals surface area (Å²) in [6, 6.07) is 0. The molecular weight excluding hydrogens is 400 g/mol. The van der Waals surface area contributed by atoms with Crippen LogP contribution in [0.2, 0.25) is 0 Å². The van der Waals surface area contributed by atoms with Crippen molar-refractivity contribution in [3.05, 3.63) is 0 Å². The number of cyclic esters (lactones) is 1. The van der Waals surface area contributed by atoms with Crippen molar-refractivity contribution >= 4 is 17.7 Å². The molecule has 2 N–H and O–H groups in total. The predicted molar refractivity (Wildman–Crippen MR) is 117 cm³/mol. The molecule has 0 aromatic rings. The first-order valence-corrected chi connectivity index (χ1v) is 12.2. The number of rotatable bonds is 19. The second-order valence-electron chi connectivity index (χ2n) is 8.61. The van der Waals surface area contributed by atoms with Gasteiger partial charge in [-0.2, -0.15) is 0 Å². The third kappa shape index (κ3) is 12.2. The molecule has 3 atom stereocenters. The molecule has 0 aromatic carbocycles. The molecule has 1 rings (SSSR count). The van der Waals surface area contributed by atoms with Gasteiger partial charge < -0.3 is 19.7 Å². The number of unbranched alkanes of at least 4 members (excludes halogenated alkanes) is 14. The molecule has 0 aromatic heterocycles. The average molecular weight is 443 g/mol. The Kier molecular flexibility index (Phi) is 15.2. The van der Waals surface area contributed by atoms with Gasteiger partial charge in [-0.25, -0.2) is 4.79 Å². The van der Waals surface area contributed by atoms with E-state index in [1.165, 1.54) is 77.0 Å². The Labute approximate surface area is 186 Å². The van der Waals surface area contributed by atoms with Crippen molar-refractivity contribution in [2.75, 3.05) is 6.61 Å². The van der Waals surface area contributed by atoms with Crippen molar-refractivity contribution in [1.82, 2.24) is 0 Å². The van der Waals surface area contributed by atoms with Gasteiger partial charge in [-0.15, -0.1) is 0 Å². The van der Waals surface area contributed by atoms with Gasteiger partial charge in [0.15, 0.2) is 6.10 Å². The highest BCUT2D eigenvalue weighted by Gasteiger charge is 2.46. The van der Waals surface area contributed by atoms with Crippen molar-refractivity contribution in [1.29, 1.82) is 0 Å². The molecule has 0 amide bonds. The van der Waals surface area contributed by atoms with Crippen LogP contribution in [0, 0.1) is 0 Å². The SMILES string of the molecule is CCCCCCCCCCCCCCCCCC(=O)OC[C@H](O)[C@H]1OC(=O)C(O)C1=O. The molecule has 1 aliphatic heterocycles. The smallest absolute Gasteiger partial charge is 0.343 e. The van der Waals surface area contributed by atoms with E-state index in [9.17, 15) is 24.6 Å². The molecule has 7 heteroatoms. The van der Waals surface area contributed by atoms with Crippen LogP contribution in [0.25, 0.3) is 0 Å². The summed E-state index contributed by atoms with van der Waals surface area (Å²) in [7, 11) is 0. The number of esters is 2. The van der Waals surface area contributed by atoms with E-state index >= 15 is 0 Å². The number of aliphatic hydroxyl groups excluding tert-OH is 2. The maximum atomic E-state index is 11.7. The Bertz CT molecular complexity index is 520. The van der Waals surface area contributed by atoms with Crippen LogP contribution in [0.3, 0.4) is 0 Å². The summed E-state index contributed by atoms with van der Waals surface area (Å²) in [5.74, 6) is -2.44. The zero-order chi connectivity index (χ0) is 22.9. The molecule has 0 aliphatic carbocycles. The summed E-state index contributed by atoms with van der Waals surface area (Å²) < 4.78 is 9.53. The minimum Gasteiger partial charge on any atom is -0.463 e. The topological polar surface area (TPSA) is 110 Å². The van der Waals surface area contributed by atoms with Crippen LogP contribution >= 0.6 is 0 Å². The highest BCUT2D eigenvalue weighted by Crippen LogP contribution is 2.16. The number of aliphatic hydroxyl groups is 2. The van der Waals surface area contributed by atoms with E-state index in [1.54, 1.807) is 0 Å². The minimum atomic E-state index is -1.87. The standard InChI is InChI=1S/C24H42O7/c1-2-3-4-5-6-7-8-9-10-11-12-13-14-15-16-17-20(26)30-18-19(25)23-21(27)22(28)24(29)31-23/h19,22-23,25,28H,2-18H2,1H3/t19-,22?,23+/m0/s1. The van der Waals surface area contributed by atoms with Crippen LogP contribution in [-0.4, -0.2) is 52.9 Å². The van der Waals surface area contributed by atoms with Crippen LogP contribution in [0.5, 0.6) is 0 Å². The quantitative estimate of drug-likeness (QED) is 0.177. The Morgan fingerprint density at radius 2 is 1.32 bits per heavy atom. The molecule has 31 heavy (non-hydrogen) atoms. The van der Waals surface area contributed by atoms with Crippen molar-refractivity contribution in [2.45, 2.75) is 128 Å². The summed E-state index contributed by atoms with van der Waals surface area (Å²) in [5, 5.41) is 19.0. The summed E-state index contributed by atoms with van der Waals surface area (Å²) >= 11 is 0. The van der Waals surface area contributed by atoms with Gasteiger partial charge in [0.1, 0.15) is 12.7 Å². The normalized spacial score (nSPS) is 19.5. The zero-order valence-electron chi connectivity index (χ0n) is 19.2. The van der Waals surface area contributed by atoms with Crippen LogP contribution in [-0.2, 0) is 23.9 Å². The van der Waals surface area contributed by atoms with Crippen molar-refractivity contribution in [3.63, 3.8) is 0 Å². The molecule has 7 nitrogen and oxygen atoms in total. The monoisotopic (exact) mass is 442 g/mol. The Morgan fingerprint density at radius 3 is 1.74 bits per heavy atom. The number of hydrogen-bond donors (Lipinski definition) is 2. The molecule has 0 saturated carbocycles. The highest BCUT2D eigenvalue weighted by molar-refractivity contribution is 6.09. The fraction of sp³-hybridized carbons (Fsp3) is 0.875. The number of carbonyl (C=O) groups is 3. The number of carbonyl (C=O) groups excluding carboxylic acids is 3. The van der Waals surface area contributed by atoms with Crippen LogP contribution in [0.1, 0.15) is 110 Å². The summed E-state index contributed by atoms with van der Waals surface area (Å²) in [4.78, 5) is 34.4. The molecule has 0 bridgehead atoms. The second kappa shape index (κ2) is 17.1. The molecule has 1 heterocycles. The molecule has 180 valence electrons. The molecule has 0 spiro atoms. The summed E-state index contributed by atoms with van der Waals surface area (Å²) in [6.07, 6.45) is 14.2. The first-order chi connectivity index (χ1) is 15.0. The Balaban J connectivity index is 1.87. The van der Waals surface area contributed by atoms with Crippen LogP contribution in [0.4, 0.5) is 0 Å². The van der Waals surface area contributed by atoms with Gasteiger partial charge in [0.05, 0.1) is 0 Å². The predicted octanol–water partition coefficient (Wildman–Crippen LogP) is 4.01. The van der Waals surface area contributed by atoms with Crippen LogP contribution < -0.4 is 0 Å². The molecule has 1 fully saturated rings. The van der Waals surface area contributed by atoms with Crippen LogP contribution in [0.15, 0.2) is 0 Å². The van der Waals surface area contributed by atoms with Gasteiger partial charge in [-0.3, -0.25) is 9.59 Å². The van der Waals surface area contributed by atoms with E-state index in [-0.39, 0.29) is 6.42 Å². The average Bonchev–Trinajstić information content (AvgIpc) is 3.02. The summed E-state index contributed by atoms with van der Waals surface area (Å²) in [5.41, 5.74) is 0. The molecular formula is C24H42O7. The van der Waals surface area contributed by atoms with E-state index in [2.05, 4.69) is 11.7 Å². The highest BCUT2D eigenvalue weighted by atomic mass is 16.6. The van der Waals surface area contributed by atoms with Crippen molar-refractivity contribution in [2.24, 2.45) is 0 Å². The first kappa shape index (κ1) is 27.6. The van der Waals surface area contributed by atoms with E-state index < -0.39 is 42.6 Å². The van der Waals surface area contributed by atoms with Gasteiger partial charge in [0, 0.05) is 6.42 Å². The minimum absolute atomic E-state index is 0.256. The number of Topliss-reactive ketones (excluding diaryl/α,β-unsaturated/α-hetero) is 1. The lowest BCUT2D eigenvalue weighted by molar-refractivity contribution is -0.156. The maximum absolute atomic E-state index is 11.7. The van der Waals surface area contributed by atoms with Gasteiger partial charge in [-0.1, -0.05) is 96.8 Å². The molecule has 0 radical (unpaired) electrons. The fourth-order valence-electron chi connectivity index (χ4n) is 3.77. The summed E-state index contributed by atoms with van der Waals surface area (Å²) in [6.45, 7) is 1.81. The fourth-order valence-corrected chi connectivity index (χ4v) is 3.77. The maximum Gasteiger partial charge on any atom is 0.343 e. The van der Waals surface area contributed by atoms with Gasteiger partial charge in [-0.05, 0) is 6.42 Å². The van der Waals surface area contributed by atoms with E-state index in [0.717, 1.165) is 19.3 Å². The Hall–Kier alpha value is -1.47. The molecule has 1 saturated heterocycles. The third-order valence-electron chi connectivity index (χ3n) is 5.77. The lowest BCUT2D eigenvalue weighted by Gasteiger charge is -2.15. The largest absolute Gasteiger partial charge is 0.463 e. The third-order valence-corrected chi connectivity index (χ3v) is 5.77.